The number of rotatable bonds is 4. The van der Waals surface area contributed by atoms with Crippen LogP contribution in [0.4, 0.5) is 13.2 Å². The summed E-state index contributed by atoms with van der Waals surface area (Å²) in [6.45, 7) is 6.73. The quantitative estimate of drug-likeness (QED) is 0.530. The van der Waals surface area contributed by atoms with Crippen LogP contribution in [0.2, 0.25) is 0 Å². The highest BCUT2D eigenvalue weighted by Gasteiger charge is 2.76. The van der Waals surface area contributed by atoms with E-state index in [1.165, 1.54) is 6.92 Å². The van der Waals surface area contributed by atoms with Crippen LogP contribution in [0.3, 0.4) is 0 Å². The first kappa shape index (κ1) is 25.9. The van der Waals surface area contributed by atoms with Gasteiger partial charge in [0.05, 0.1) is 11.5 Å². The van der Waals surface area contributed by atoms with Crippen molar-refractivity contribution in [2.24, 2.45) is 45.3 Å². The highest BCUT2D eigenvalue weighted by Crippen LogP contribution is 2.74. The monoisotopic (exact) mass is 524 g/mol. The van der Waals surface area contributed by atoms with E-state index in [4.69, 9.17) is 0 Å². The summed E-state index contributed by atoms with van der Waals surface area (Å²) < 4.78 is 43.5. The number of ketones is 3. The van der Waals surface area contributed by atoms with Gasteiger partial charge in [-0.3, -0.25) is 19.2 Å². The highest BCUT2D eigenvalue weighted by atomic mass is 32.2. The number of Topliss-reactive ketones (excluding diaryl/α,β-unsaturated/α-hetero) is 2. The van der Waals surface area contributed by atoms with Crippen molar-refractivity contribution >= 4 is 34.2 Å². The van der Waals surface area contributed by atoms with Gasteiger partial charge in [0.25, 0.3) is 0 Å². The molecule has 5 aliphatic rings. The van der Waals surface area contributed by atoms with Gasteiger partial charge in [-0.05, 0) is 61.9 Å². The molecule has 9 heteroatoms. The lowest BCUT2D eigenvalue weighted by molar-refractivity contribution is -0.169. The minimum absolute atomic E-state index is 0.0521. The Morgan fingerprint density at radius 3 is 2.39 bits per heavy atom. The van der Waals surface area contributed by atoms with E-state index in [-0.39, 0.29) is 24.2 Å². The number of allylic oxidation sites excluding steroid dienone is 4. The van der Waals surface area contributed by atoms with Crippen molar-refractivity contribution in [2.75, 3.05) is 6.01 Å². The Hall–Kier alpha value is -1.74. The molecule has 8 atom stereocenters. The molecule has 36 heavy (non-hydrogen) atoms. The van der Waals surface area contributed by atoms with E-state index in [9.17, 15) is 33.1 Å². The molecule has 5 aliphatic carbocycles. The molecule has 0 aromatic rings. The zero-order chi connectivity index (χ0) is 26.6. The van der Waals surface area contributed by atoms with Gasteiger partial charge in [0, 0.05) is 23.3 Å². The fraction of sp³-hybridized carbons (Fsp3) is 0.704. The number of aliphatic hydroxyl groups excluding tert-OH is 1. The van der Waals surface area contributed by atoms with Crippen LogP contribution in [-0.4, -0.2) is 39.7 Å². The lowest BCUT2D eigenvalue weighted by Crippen LogP contribution is -2.63. The summed E-state index contributed by atoms with van der Waals surface area (Å²) in [4.78, 5) is 53.1. The number of hydrogen-bond acceptors (Lipinski definition) is 6. The lowest BCUT2D eigenvalue weighted by atomic mass is 9.43. The maximum Gasteiger partial charge on any atom is 0.217 e. The van der Waals surface area contributed by atoms with Crippen LogP contribution in [0.5, 0.6) is 0 Å². The zero-order valence-corrected chi connectivity index (χ0v) is 21.6. The average molecular weight is 525 g/mol. The highest BCUT2D eigenvalue weighted by molar-refractivity contribution is 8.13. The molecule has 4 fully saturated rings. The molecule has 5 nitrogen and oxygen atoms in total. The summed E-state index contributed by atoms with van der Waals surface area (Å²) in [6.07, 6.45) is 1.01. The zero-order valence-electron chi connectivity index (χ0n) is 20.8. The number of fused-ring (bicyclic) bond motifs is 5. The molecule has 0 aromatic carbocycles. The van der Waals surface area contributed by atoms with Gasteiger partial charge in [-0.2, -0.15) is 4.39 Å². The molecular weight excluding hydrogens is 493 g/mol. The number of carbonyl (C=O) groups excluding carboxylic acids is 4. The number of aliphatic hydroxyl groups is 1. The summed E-state index contributed by atoms with van der Waals surface area (Å²) in [5.41, 5.74) is -5.33. The van der Waals surface area contributed by atoms with Gasteiger partial charge < -0.3 is 5.11 Å². The molecule has 0 spiro atoms. The Kier molecular flexibility index (Phi) is 5.67. The maximum absolute atomic E-state index is 15.5. The maximum atomic E-state index is 15.5. The van der Waals surface area contributed by atoms with Crippen molar-refractivity contribution in [1.82, 2.24) is 0 Å². The van der Waals surface area contributed by atoms with E-state index in [1.54, 1.807) is 20.8 Å². The van der Waals surface area contributed by atoms with Crippen LogP contribution < -0.4 is 0 Å². The molecular formula is C27H31F3O5S. The van der Waals surface area contributed by atoms with Gasteiger partial charge in [0.2, 0.25) is 16.7 Å². The first-order valence-corrected chi connectivity index (χ1v) is 13.5. The number of alkyl halides is 1. The number of carbonyl (C=O) groups is 4. The molecule has 5 rings (SSSR count). The van der Waals surface area contributed by atoms with Crippen LogP contribution in [0.15, 0.2) is 23.3 Å². The standard InChI is InChI=1S/C27H31F3O5S/c1-12-7-14-13-8-16(31)15-9-17(32)20(29)21(30)26(15,4)19(13)18(33)10-25(14,3)27(12,23(35)36-11-28)22(34)24(2)5-6-24/h9,12-14,18-19,33H,5-8,10-11H2,1-4H3/t12-,13+,14+,18+,19-,25+,26+,27-/m1/s1. The topological polar surface area (TPSA) is 88.5 Å². The first-order chi connectivity index (χ1) is 16.7. The van der Waals surface area contributed by atoms with E-state index in [0.29, 0.717) is 31.0 Å². The number of halogens is 3. The third kappa shape index (κ3) is 2.90. The summed E-state index contributed by atoms with van der Waals surface area (Å²) in [6, 6.07) is -0.985. The van der Waals surface area contributed by atoms with Crippen molar-refractivity contribution < 1.29 is 37.5 Å². The van der Waals surface area contributed by atoms with E-state index < -0.39 is 85.8 Å². The number of thioether (sulfide) groups is 1. The Labute approximate surface area is 212 Å². The number of hydrogen-bond donors (Lipinski definition) is 1. The van der Waals surface area contributed by atoms with Gasteiger partial charge in [-0.15, -0.1) is 0 Å². The molecule has 0 bridgehead atoms. The molecule has 0 radical (unpaired) electrons. The average Bonchev–Trinajstić information content (AvgIpc) is 3.50. The van der Waals surface area contributed by atoms with Crippen molar-refractivity contribution in [3.05, 3.63) is 23.3 Å². The molecule has 0 amide bonds. The van der Waals surface area contributed by atoms with Gasteiger partial charge in [0.15, 0.2) is 17.4 Å². The van der Waals surface area contributed by atoms with Gasteiger partial charge in [-0.1, -0.05) is 32.5 Å². The van der Waals surface area contributed by atoms with Crippen molar-refractivity contribution in [3.8, 4) is 0 Å². The second-order valence-corrected chi connectivity index (χ2v) is 13.1. The normalized spacial score (nSPS) is 45.0. The second kappa shape index (κ2) is 7.88. The third-order valence-electron chi connectivity index (χ3n) is 10.6. The predicted octanol–water partition coefficient (Wildman–Crippen LogP) is 4.83. The van der Waals surface area contributed by atoms with E-state index in [2.05, 4.69) is 0 Å². The molecule has 0 unspecified atom stereocenters. The minimum atomic E-state index is -1.82. The largest absolute Gasteiger partial charge is 0.393 e. The molecule has 0 saturated heterocycles. The van der Waals surface area contributed by atoms with Gasteiger partial charge >= 0.3 is 0 Å². The SMILES string of the molecule is C[C@@H]1C[C@H]2[C@@H]3CC(=O)C4=CC(=O)C(F)=C(F)[C@]4(C)[C@H]3[C@@H](O)C[C@]2(C)[C@@]1(C(=O)SCF)C(=O)C1(C)CC1. The van der Waals surface area contributed by atoms with Gasteiger partial charge in [0.1, 0.15) is 11.4 Å². The summed E-state index contributed by atoms with van der Waals surface area (Å²) >= 11 is 0.469. The molecule has 1 N–H and O–H groups in total. The Bertz CT molecular complexity index is 1160. The molecule has 0 aromatic heterocycles. The lowest BCUT2D eigenvalue weighted by Gasteiger charge is -2.60. The second-order valence-electron chi connectivity index (χ2n) is 12.2. The summed E-state index contributed by atoms with van der Waals surface area (Å²) in [5, 5.41) is 11.0. The van der Waals surface area contributed by atoms with E-state index in [1.807, 2.05) is 0 Å². The Morgan fingerprint density at radius 2 is 1.81 bits per heavy atom. The first-order valence-electron chi connectivity index (χ1n) is 12.5. The van der Waals surface area contributed by atoms with Crippen LogP contribution >= 0.6 is 11.8 Å². The fourth-order valence-corrected chi connectivity index (χ4v) is 9.55. The Morgan fingerprint density at radius 1 is 1.17 bits per heavy atom. The van der Waals surface area contributed by atoms with E-state index >= 15 is 4.39 Å². The van der Waals surface area contributed by atoms with E-state index in [0.717, 1.165) is 6.08 Å². The molecule has 0 aliphatic heterocycles. The van der Waals surface area contributed by atoms with Crippen LogP contribution in [0.1, 0.15) is 59.8 Å². The predicted molar refractivity (Wildman–Crippen MR) is 126 cm³/mol. The Balaban J connectivity index is 1.67. The van der Waals surface area contributed by atoms with Gasteiger partial charge in [-0.25, -0.2) is 8.78 Å². The van der Waals surface area contributed by atoms with Crippen molar-refractivity contribution in [2.45, 2.75) is 65.9 Å². The molecule has 4 saturated carbocycles. The summed E-state index contributed by atoms with van der Waals surface area (Å²) in [5.74, 6) is -7.34. The third-order valence-corrected chi connectivity index (χ3v) is 11.3. The summed E-state index contributed by atoms with van der Waals surface area (Å²) in [7, 11) is 0. The molecule has 0 heterocycles. The van der Waals surface area contributed by atoms with Crippen LogP contribution in [-0.2, 0) is 19.2 Å². The van der Waals surface area contributed by atoms with Crippen LogP contribution in [0, 0.1) is 45.3 Å². The van der Waals surface area contributed by atoms with Crippen molar-refractivity contribution in [3.63, 3.8) is 0 Å². The molecule has 196 valence electrons. The van der Waals surface area contributed by atoms with Crippen molar-refractivity contribution in [1.29, 1.82) is 0 Å². The minimum Gasteiger partial charge on any atom is -0.393 e. The van der Waals surface area contributed by atoms with Crippen LogP contribution in [0.25, 0.3) is 0 Å². The smallest absolute Gasteiger partial charge is 0.217 e. The fourth-order valence-electron chi connectivity index (χ4n) is 8.69.